The smallest absolute Gasteiger partial charge is 0.336 e. The lowest BCUT2D eigenvalue weighted by Crippen LogP contribution is -2.00. The zero-order chi connectivity index (χ0) is 15.4. The number of halogens is 1. The van der Waals surface area contributed by atoms with Crippen LogP contribution in [-0.4, -0.2) is 22.2 Å². The summed E-state index contributed by atoms with van der Waals surface area (Å²) in [6.45, 7) is 0. The lowest BCUT2D eigenvalue weighted by molar-refractivity contribution is -0.130. The van der Waals surface area contributed by atoms with E-state index in [1.807, 2.05) is 0 Å². The van der Waals surface area contributed by atoms with Crippen molar-refractivity contribution in [2.45, 2.75) is 0 Å². The minimum Gasteiger partial charge on any atom is -0.478 e. The molecule has 2 rings (SSSR count). The van der Waals surface area contributed by atoms with Gasteiger partial charge in [0.1, 0.15) is 5.82 Å². The second-order valence-corrected chi connectivity index (χ2v) is 4.30. The average molecular weight is 286 g/mol. The minimum atomic E-state index is -1.15. The molecule has 0 amide bonds. The molecule has 0 fully saturated rings. The quantitative estimate of drug-likeness (QED) is 0.668. The molecule has 21 heavy (non-hydrogen) atoms. The lowest BCUT2D eigenvalue weighted by Gasteiger charge is -2.03. The van der Waals surface area contributed by atoms with Crippen molar-refractivity contribution in [1.29, 1.82) is 0 Å². The fourth-order valence-electron chi connectivity index (χ4n) is 1.79. The van der Waals surface area contributed by atoms with E-state index >= 15 is 0 Å². The third kappa shape index (κ3) is 3.54. The Balaban J connectivity index is 2.40. The molecule has 0 unspecified atom stereocenters. The van der Waals surface area contributed by atoms with Crippen LogP contribution in [0.15, 0.2) is 48.5 Å². The van der Waals surface area contributed by atoms with E-state index in [2.05, 4.69) is 0 Å². The van der Waals surface area contributed by atoms with Gasteiger partial charge in [-0.1, -0.05) is 24.3 Å². The predicted octanol–water partition coefficient (Wildman–Crippen LogP) is 3.15. The van der Waals surface area contributed by atoms with Crippen molar-refractivity contribution in [3.63, 3.8) is 0 Å². The maximum atomic E-state index is 12.9. The predicted molar refractivity (Wildman–Crippen MR) is 75.3 cm³/mol. The zero-order valence-corrected chi connectivity index (χ0v) is 10.8. The first-order valence-corrected chi connectivity index (χ1v) is 6.01. The van der Waals surface area contributed by atoms with E-state index < -0.39 is 17.8 Å². The number of carboxylic acid groups (broad SMARTS) is 2. The van der Waals surface area contributed by atoms with E-state index in [0.29, 0.717) is 11.1 Å². The van der Waals surface area contributed by atoms with Crippen molar-refractivity contribution in [1.82, 2.24) is 0 Å². The number of carbonyl (C=O) groups is 2. The van der Waals surface area contributed by atoms with Crippen LogP contribution in [-0.2, 0) is 4.79 Å². The van der Waals surface area contributed by atoms with Gasteiger partial charge in [-0.3, -0.25) is 0 Å². The summed E-state index contributed by atoms with van der Waals surface area (Å²) in [4.78, 5) is 22.1. The highest BCUT2D eigenvalue weighted by Gasteiger charge is 2.11. The monoisotopic (exact) mass is 286 g/mol. The van der Waals surface area contributed by atoms with E-state index in [1.165, 1.54) is 54.6 Å². The summed E-state index contributed by atoms with van der Waals surface area (Å²) in [5.74, 6) is -2.65. The molecule has 0 radical (unpaired) electrons. The number of carboxylic acids is 2. The molecular formula is C16H11FO4. The van der Waals surface area contributed by atoms with Gasteiger partial charge in [0.25, 0.3) is 0 Å². The molecule has 0 aliphatic carbocycles. The number of rotatable bonds is 4. The average Bonchev–Trinajstić information content (AvgIpc) is 2.46. The highest BCUT2D eigenvalue weighted by atomic mass is 19.1. The standard InChI is InChI=1S/C16H11FO4/c17-13-7-5-11(6-8-13)14(16(20)21)9-10-1-3-12(4-2-10)15(18)19/h1-9H,(H,18,19)(H,20,21)/b14-9-. The van der Waals surface area contributed by atoms with Gasteiger partial charge in [-0.25, -0.2) is 14.0 Å². The Labute approximate surface area is 119 Å². The third-order valence-electron chi connectivity index (χ3n) is 2.85. The molecule has 0 spiro atoms. The van der Waals surface area contributed by atoms with Gasteiger partial charge >= 0.3 is 11.9 Å². The summed E-state index contributed by atoms with van der Waals surface area (Å²) in [7, 11) is 0. The van der Waals surface area contributed by atoms with Gasteiger partial charge in [-0.05, 0) is 41.5 Å². The maximum absolute atomic E-state index is 12.9. The molecule has 0 aliphatic heterocycles. The summed E-state index contributed by atoms with van der Waals surface area (Å²) in [6.07, 6.45) is 1.40. The number of benzene rings is 2. The Morgan fingerprint density at radius 3 is 1.86 bits per heavy atom. The van der Waals surface area contributed by atoms with Crippen molar-refractivity contribution >= 4 is 23.6 Å². The number of hydrogen-bond acceptors (Lipinski definition) is 2. The molecule has 0 aromatic heterocycles. The Bertz CT molecular complexity index is 700. The first-order valence-electron chi connectivity index (χ1n) is 6.01. The van der Waals surface area contributed by atoms with E-state index in [1.54, 1.807) is 0 Å². The first-order chi connectivity index (χ1) is 9.97. The van der Waals surface area contributed by atoms with Crippen molar-refractivity contribution in [3.05, 3.63) is 71.0 Å². The summed E-state index contributed by atoms with van der Waals surface area (Å²) < 4.78 is 12.9. The van der Waals surface area contributed by atoms with Gasteiger partial charge in [0, 0.05) is 0 Å². The van der Waals surface area contributed by atoms with Crippen LogP contribution in [0.4, 0.5) is 4.39 Å². The van der Waals surface area contributed by atoms with Crippen LogP contribution < -0.4 is 0 Å². The van der Waals surface area contributed by atoms with Gasteiger partial charge < -0.3 is 10.2 Å². The van der Waals surface area contributed by atoms with Crippen LogP contribution in [0.25, 0.3) is 11.6 Å². The van der Waals surface area contributed by atoms with E-state index in [4.69, 9.17) is 5.11 Å². The highest BCUT2D eigenvalue weighted by Crippen LogP contribution is 2.19. The second kappa shape index (κ2) is 6.00. The Hall–Kier alpha value is -2.95. The van der Waals surface area contributed by atoms with Crippen LogP contribution in [0.5, 0.6) is 0 Å². The minimum absolute atomic E-state index is 0.00178. The van der Waals surface area contributed by atoms with Gasteiger partial charge in [-0.15, -0.1) is 0 Å². The van der Waals surface area contributed by atoms with Crippen molar-refractivity contribution in [3.8, 4) is 0 Å². The van der Waals surface area contributed by atoms with Crippen LogP contribution >= 0.6 is 0 Å². The molecule has 0 aliphatic rings. The summed E-state index contributed by atoms with van der Waals surface area (Å²) in [5, 5.41) is 18.0. The first kappa shape index (κ1) is 14.5. The summed E-state index contributed by atoms with van der Waals surface area (Å²) >= 11 is 0. The molecule has 4 nitrogen and oxygen atoms in total. The summed E-state index contributed by atoms with van der Waals surface area (Å²) in [5.41, 5.74) is 1.02. The molecule has 0 saturated heterocycles. The maximum Gasteiger partial charge on any atom is 0.336 e. The molecular weight excluding hydrogens is 275 g/mol. The third-order valence-corrected chi connectivity index (χ3v) is 2.85. The van der Waals surface area contributed by atoms with E-state index in [-0.39, 0.29) is 11.1 Å². The van der Waals surface area contributed by atoms with Crippen molar-refractivity contribution in [2.24, 2.45) is 0 Å². The van der Waals surface area contributed by atoms with Crippen molar-refractivity contribution < 1.29 is 24.2 Å². The largest absolute Gasteiger partial charge is 0.478 e. The molecule has 2 aromatic rings. The molecule has 5 heteroatoms. The number of aliphatic carboxylic acids is 1. The van der Waals surface area contributed by atoms with Gasteiger partial charge in [0.05, 0.1) is 11.1 Å². The highest BCUT2D eigenvalue weighted by molar-refractivity contribution is 6.20. The van der Waals surface area contributed by atoms with Crippen LogP contribution in [0, 0.1) is 5.82 Å². The van der Waals surface area contributed by atoms with Gasteiger partial charge in [0.2, 0.25) is 0 Å². The van der Waals surface area contributed by atoms with Crippen molar-refractivity contribution in [2.75, 3.05) is 0 Å². The molecule has 2 aromatic carbocycles. The molecule has 0 saturated carbocycles. The Kier molecular flexibility index (Phi) is 4.13. The van der Waals surface area contributed by atoms with Gasteiger partial charge in [0.15, 0.2) is 0 Å². The normalized spacial score (nSPS) is 11.2. The molecule has 0 bridgehead atoms. The molecule has 0 atom stereocenters. The van der Waals surface area contributed by atoms with E-state index in [0.717, 1.165) is 0 Å². The topological polar surface area (TPSA) is 74.6 Å². The number of hydrogen-bond donors (Lipinski definition) is 2. The molecule has 0 heterocycles. The molecule has 2 N–H and O–H groups in total. The molecule has 106 valence electrons. The Morgan fingerprint density at radius 1 is 0.857 bits per heavy atom. The Morgan fingerprint density at radius 2 is 1.38 bits per heavy atom. The lowest BCUT2D eigenvalue weighted by atomic mass is 10.0. The fraction of sp³-hybridized carbons (Fsp3) is 0. The van der Waals surface area contributed by atoms with Crippen LogP contribution in [0.2, 0.25) is 0 Å². The SMILES string of the molecule is O=C(O)/C(=C\c1ccc(C(=O)O)cc1)c1ccc(F)cc1. The van der Waals surface area contributed by atoms with Gasteiger partial charge in [-0.2, -0.15) is 0 Å². The van der Waals surface area contributed by atoms with Crippen LogP contribution in [0.1, 0.15) is 21.5 Å². The number of aromatic carboxylic acids is 1. The fourth-order valence-corrected chi connectivity index (χ4v) is 1.79. The van der Waals surface area contributed by atoms with E-state index in [9.17, 15) is 19.1 Å². The summed E-state index contributed by atoms with van der Waals surface area (Å²) in [6, 6.07) is 10.9. The van der Waals surface area contributed by atoms with Crippen LogP contribution in [0.3, 0.4) is 0 Å². The zero-order valence-electron chi connectivity index (χ0n) is 10.8. The second-order valence-electron chi connectivity index (χ2n) is 4.30.